The minimum atomic E-state index is -4.89. The van der Waals surface area contributed by atoms with E-state index < -0.39 is 18.1 Å². The predicted octanol–water partition coefficient (Wildman–Crippen LogP) is 1.76. The maximum absolute atomic E-state index is 12.4. The fraction of sp³-hybridized carbons (Fsp3) is 0.667. The van der Waals surface area contributed by atoms with Gasteiger partial charge in [-0.2, -0.15) is 13.2 Å². The smallest absolute Gasteiger partial charge is 0.469 e. The Balaban J connectivity index is 2.80. The van der Waals surface area contributed by atoms with Gasteiger partial charge in [-0.1, -0.05) is 12.2 Å². The topological polar surface area (TPSA) is 46.6 Å². The molecule has 0 bridgehead atoms. The summed E-state index contributed by atoms with van der Waals surface area (Å²) in [5.74, 6) is -3.06. The molecular weight excluding hydrogens is 263 g/mol. The highest BCUT2D eigenvalue weighted by molar-refractivity contribution is 5.82. The molecule has 108 valence electrons. The molecule has 1 rings (SSSR count). The molecule has 0 saturated carbocycles. The van der Waals surface area contributed by atoms with Gasteiger partial charge in [-0.3, -0.25) is 9.59 Å². The number of nitrogens with zero attached hydrogens (tertiary/aromatic N) is 1. The van der Waals surface area contributed by atoms with Gasteiger partial charge in [0.1, 0.15) is 0 Å². The van der Waals surface area contributed by atoms with Gasteiger partial charge in [-0.25, -0.2) is 0 Å². The van der Waals surface area contributed by atoms with Crippen LogP contribution >= 0.6 is 0 Å². The van der Waals surface area contributed by atoms with Crippen LogP contribution in [0, 0.1) is 11.8 Å². The minimum absolute atomic E-state index is 0.0182. The number of methoxy groups -OCH3 is 1. The summed E-state index contributed by atoms with van der Waals surface area (Å²) in [5, 5.41) is 0. The second-order valence-corrected chi connectivity index (χ2v) is 4.70. The number of hydrogen-bond donors (Lipinski definition) is 0. The van der Waals surface area contributed by atoms with E-state index in [1.165, 1.54) is 7.11 Å². The number of amides is 1. The molecule has 4 nitrogen and oxygen atoms in total. The lowest BCUT2D eigenvalue weighted by Gasteiger charge is -2.17. The largest absolute Gasteiger partial charge is 0.471 e. The lowest BCUT2D eigenvalue weighted by atomic mass is 9.88. The number of halogens is 3. The van der Waals surface area contributed by atoms with Crippen LogP contribution in [-0.4, -0.2) is 43.2 Å². The summed E-state index contributed by atoms with van der Waals surface area (Å²) < 4.78 is 41.6. The molecule has 0 radical (unpaired) electrons. The molecule has 0 aliphatic carbocycles. The highest BCUT2D eigenvalue weighted by Crippen LogP contribution is 2.33. The Bertz CT molecular complexity index is 392. The lowest BCUT2D eigenvalue weighted by Crippen LogP contribution is -2.40. The SMILES string of the molecule is C=C(C)[C@H]1CN(C(=O)C(F)(F)F)C[C@H]1CC(=O)OC. The monoisotopic (exact) mass is 279 g/mol. The van der Waals surface area contributed by atoms with E-state index in [0.717, 1.165) is 4.90 Å². The van der Waals surface area contributed by atoms with Crippen molar-refractivity contribution in [3.8, 4) is 0 Å². The van der Waals surface area contributed by atoms with Gasteiger partial charge < -0.3 is 9.64 Å². The molecule has 1 aliphatic rings. The third kappa shape index (κ3) is 3.71. The molecule has 19 heavy (non-hydrogen) atoms. The molecule has 1 amide bonds. The fourth-order valence-electron chi connectivity index (χ4n) is 2.28. The number of likely N-dealkylation sites (tertiary alicyclic amines) is 1. The van der Waals surface area contributed by atoms with Gasteiger partial charge in [0.15, 0.2) is 0 Å². The van der Waals surface area contributed by atoms with Crippen LogP contribution in [0.2, 0.25) is 0 Å². The van der Waals surface area contributed by atoms with E-state index in [1.54, 1.807) is 6.92 Å². The van der Waals surface area contributed by atoms with E-state index in [4.69, 9.17) is 0 Å². The Hall–Kier alpha value is -1.53. The first kappa shape index (κ1) is 15.5. The zero-order chi connectivity index (χ0) is 14.8. The summed E-state index contributed by atoms with van der Waals surface area (Å²) in [6.45, 7) is 5.22. The van der Waals surface area contributed by atoms with E-state index in [1.807, 2.05) is 0 Å². The first-order chi connectivity index (χ1) is 8.66. The molecule has 1 heterocycles. The molecule has 1 saturated heterocycles. The summed E-state index contributed by atoms with van der Waals surface area (Å²) >= 11 is 0. The second kappa shape index (κ2) is 5.63. The highest BCUT2D eigenvalue weighted by atomic mass is 19.4. The minimum Gasteiger partial charge on any atom is -0.469 e. The number of alkyl halides is 3. The molecule has 7 heteroatoms. The standard InChI is InChI=1S/C12H16F3NO3/c1-7(2)9-6-16(11(18)12(13,14)15)5-8(9)4-10(17)19-3/h8-9H,1,4-6H2,2-3H3/t8-,9-/m1/s1. The van der Waals surface area contributed by atoms with Crippen molar-refractivity contribution < 1.29 is 27.5 Å². The summed E-state index contributed by atoms with van der Waals surface area (Å²) in [6, 6.07) is 0. The van der Waals surface area contributed by atoms with Crippen LogP contribution in [0.4, 0.5) is 13.2 Å². The van der Waals surface area contributed by atoms with Gasteiger partial charge in [-0.05, 0) is 12.8 Å². The molecular formula is C12H16F3NO3. The van der Waals surface area contributed by atoms with Gasteiger partial charge in [0, 0.05) is 19.0 Å². The maximum Gasteiger partial charge on any atom is 0.471 e. The number of carbonyl (C=O) groups is 2. The number of hydrogen-bond acceptors (Lipinski definition) is 3. The summed E-state index contributed by atoms with van der Waals surface area (Å²) in [4.78, 5) is 23.2. The van der Waals surface area contributed by atoms with Crippen molar-refractivity contribution in [1.29, 1.82) is 0 Å². The first-order valence-electron chi connectivity index (χ1n) is 5.75. The molecule has 0 spiro atoms. The third-order valence-electron chi connectivity index (χ3n) is 3.26. The van der Waals surface area contributed by atoms with Crippen molar-refractivity contribution in [3.05, 3.63) is 12.2 Å². The molecule has 0 aromatic rings. The molecule has 1 aliphatic heterocycles. The molecule has 0 unspecified atom stereocenters. The van der Waals surface area contributed by atoms with E-state index in [0.29, 0.717) is 5.57 Å². The van der Waals surface area contributed by atoms with Crippen molar-refractivity contribution >= 4 is 11.9 Å². The van der Waals surface area contributed by atoms with Gasteiger partial charge in [0.05, 0.1) is 13.5 Å². The average Bonchev–Trinajstić information content (AvgIpc) is 2.70. The Labute approximate surface area is 109 Å². The van der Waals surface area contributed by atoms with Crippen LogP contribution in [0.25, 0.3) is 0 Å². The number of ether oxygens (including phenoxy) is 1. The van der Waals surface area contributed by atoms with E-state index in [2.05, 4.69) is 11.3 Å². The van der Waals surface area contributed by atoms with Crippen molar-refractivity contribution in [2.45, 2.75) is 19.5 Å². The van der Waals surface area contributed by atoms with Crippen molar-refractivity contribution in [2.75, 3.05) is 20.2 Å². The molecule has 0 N–H and O–H groups in total. The van der Waals surface area contributed by atoms with Crippen molar-refractivity contribution in [1.82, 2.24) is 4.90 Å². The van der Waals surface area contributed by atoms with Gasteiger partial charge >= 0.3 is 18.1 Å². The average molecular weight is 279 g/mol. The van der Waals surface area contributed by atoms with Crippen LogP contribution in [0.3, 0.4) is 0 Å². The van der Waals surface area contributed by atoms with Gasteiger partial charge in [0.25, 0.3) is 0 Å². The molecule has 2 atom stereocenters. The predicted molar refractivity (Wildman–Crippen MR) is 61.1 cm³/mol. The van der Waals surface area contributed by atoms with Gasteiger partial charge in [-0.15, -0.1) is 0 Å². The zero-order valence-corrected chi connectivity index (χ0v) is 10.8. The fourth-order valence-corrected chi connectivity index (χ4v) is 2.28. The Morgan fingerprint density at radius 3 is 2.37 bits per heavy atom. The molecule has 0 aromatic heterocycles. The van der Waals surface area contributed by atoms with Crippen LogP contribution in [0.5, 0.6) is 0 Å². The number of esters is 1. The lowest BCUT2D eigenvalue weighted by molar-refractivity contribution is -0.184. The summed E-state index contributed by atoms with van der Waals surface area (Å²) in [7, 11) is 1.21. The summed E-state index contributed by atoms with van der Waals surface area (Å²) in [6.07, 6.45) is -4.91. The third-order valence-corrected chi connectivity index (χ3v) is 3.26. The summed E-state index contributed by atoms with van der Waals surface area (Å²) in [5.41, 5.74) is 0.659. The van der Waals surface area contributed by atoms with E-state index in [9.17, 15) is 22.8 Å². The van der Waals surface area contributed by atoms with Crippen LogP contribution in [0.1, 0.15) is 13.3 Å². The van der Waals surface area contributed by atoms with E-state index >= 15 is 0 Å². The van der Waals surface area contributed by atoms with Crippen LogP contribution in [-0.2, 0) is 14.3 Å². The normalized spacial score (nSPS) is 23.3. The first-order valence-corrected chi connectivity index (χ1v) is 5.75. The second-order valence-electron chi connectivity index (χ2n) is 4.70. The zero-order valence-electron chi connectivity index (χ0n) is 10.8. The Morgan fingerprint density at radius 2 is 1.95 bits per heavy atom. The van der Waals surface area contributed by atoms with Crippen LogP contribution in [0.15, 0.2) is 12.2 Å². The van der Waals surface area contributed by atoms with Crippen molar-refractivity contribution in [3.63, 3.8) is 0 Å². The maximum atomic E-state index is 12.4. The Kier molecular flexibility index (Phi) is 4.60. The van der Waals surface area contributed by atoms with Crippen LogP contribution < -0.4 is 0 Å². The highest BCUT2D eigenvalue weighted by Gasteiger charge is 2.47. The van der Waals surface area contributed by atoms with Gasteiger partial charge in [0.2, 0.25) is 0 Å². The van der Waals surface area contributed by atoms with E-state index in [-0.39, 0.29) is 31.3 Å². The molecule has 0 aromatic carbocycles. The number of rotatable bonds is 3. The molecule has 1 fully saturated rings. The Morgan fingerprint density at radius 1 is 1.37 bits per heavy atom. The quantitative estimate of drug-likeness (QED) is 0.584. The van der Waals surface area contributed by atoms with Crippen molar-refractivity contribution in [2.24, 2.45) is 11.8 Å². The number of carbonyl (C=O) groups excluding carboxylic acids is 2.